The number of aliphatic hydroxyl groups is 1. The number of carbonyl (C=O) groups is 2. The highest BCUT2D eigenvalue weighted by Gasteiger charge is 2.26. The van der Waals surface area contributed by atoms with Crippen molar-refractivity contribution in [2.24, 2.45) is 5.92 Å². The standard InChI is InChI=1S/C40H50O5/c1-8-10-11-12-30-15-19-34(20-16-30)36-23-24-37(33(9-2)25-36)35-21-17-31(18-22-35)13-14-32(26-44-38(41)28(3)4)27-45-39(42)29(5)40(6,7)43/h15-25,32,43H,3,5,8-14,26-27H2,1-2,4,6-7H3. The van der Waals surface area contributed by atoms with E-state index in [1.807, 2.05) is 0 Å². The SMILES string of the molecule is C=C(C)C(=O)OCC(CCc1ccc(-c2ccc(-c3ccc(CCCCC)cc3)cc2CC)cc1)COC(=O)C(=C)C(C)(C)O. The highest BCUT2D eigenvalue weighted by atomic mass is 16.5. The molecule has 3 aromatic rings. The van der Waals surface area contributed by atoms with Crippen LogP contribution in [-0.4, -0.2) is 35.9 Å². The van der Waals surface area contributed by atoms with Crippen molar-refractivity contribution in [3.63, 3.8) is 0 Å². The van der Waals surface area contributed by atoms with Gasteiger partial charge in [-0.05, 0) is 91.8 Å². The molecule has 3 rings (SSSR count). The Balaban J connectivity index is 1.67. The van der Waals surface area contributed by atoms with Crippen LogP contribution in [0.1, 0.15) is 77.0 Å². The van der Waals surface area contributed by atoms with Crippen LogP contribution in [0.4, 0.5) is 0 Å². The van der Waals surface area contributed by atoms with E-state index < -0.39 is 17.5 Å². The lowest BCUT2D eigenvalue weighted by molar-refractivity contribution is -0.145. The fourth-order valence-electron chi connectivity index (χ4n) is 5.07. The molecule has 0 aliphatic rings. The maximum Gasteiger partial charge on any atom is 0.336 e. The minimum absolute atomic E-state index is 0.0223. The van der Waals surface area contributed by atoms with E-state index in [1.54, 1.807) is 6.92 Å². The Morgan fingerprint density at radius 3 is 1.89 bits per heavy atom. The number of rotatable bonds is 17. The molecule has 0 spiro atoms. The zero-order valence-electron chi connectivity index (χ0n) is 27.8. The molecule has 1 atom stereocenters. The van der Waals surface area contributed by atoms with Crippen molar-refractivity contribution < 1.29 is 24.2 Å². The average molecular weight is 611 g/mol. The van der Waals surface area contributed by atoms with Crippen molar-refractivity contribution in [1.82, 2.24) is 0 Å². The fraction of sp³-hybridized carbons (Fsp3) is 0.400. The summed E-state index contributed by atoms with van der Waals surface area (Å²) in [5.74, 6) is -1.37. The third-order valence-electron chi connectivity index (χ3n) is 8.18. The van der Waals surface area contributed by atoms with Crippen LogP contribution < -0.4 is 0 Å². The van der Waals surface area contributed by atoms with Gasteiger partial charge in [0.15, 0.2) is 0 Å². The largest absolute Gasteiger partial charge is 0.462 e. The first-order valence-corrected chi connectivity index (χ1v) is 16.2. The van der Waals surface area contributed by atoms with E-state index in [9.17, 15) is 14.7 Å². The second kappa shape index (κ2) is 16.9. The number of carbonyl (C=O) groups excluding carboxylic acids is 2. The Bertz CT molecular complexity index is 1440. The van der Waals surface area contributed by atoms with Gasteiger partial charge in [0.05, 0.1) is 24.4 Å². The molecule has 5 nitrogen and oxygen atoms in total. The van der Waals surface area contributed by atoms with Gasteiger partial charge in [-0.15, -0.1) is 0 Å². The molecular formula is C40H50O5. The van der Waals surface area contributed by atoms with Crippen LogP contribution in [-0.2, 0) is 38.3 Å². The second-order valence-corrected chi connectivity index (χ2v) is 12.5. The summed E-state index contributed by atoms with van der Waals surface area (Å²) < 4.78 is 10.8. The van der Waals surface area contributed by atoms with Gasteiger partial charge in [0.2, 0.25) is 0 Å². The quantitative estimate of drug-likeness (QED) is 0.0939. The molecule has 0 saturated carbocycles. The molecule has 3 aromatic carbocycles. The first kappa shape index (κ1) is 35.5. The lowest BCUT2D eigenvalue weighted by atomic mass is 9.92. The van der Waals surface area contributed by atoms with E-state index >= 15 is 0 Å². The highest BCUT2D eigenvalue weighted by molar-refractivity contribution is 5.89. The van der Waals surface area contributed by atoms with E-state index in [0.717, 1.165) is 18.4 Å². The molecule has 1 N–H and O–H groups in total. The van der Waals surface area contributed by atoms with Crippen molar-refractivity contribution in [2.45, 2.75) is 85.2 Å². The third kappa shape index (κ3) is 10.9. The number of ether oxygens (including phenoxy) is 2. The summed E-state index contributed by atoms with van der Waals surface area (Å²) in [5.41, 5.74) is 7.62. The van der Waals surface area contributed by atoms with Crippen molar-refractivity contribution in [1.29, 1.82) is 0 Å². The molecule has 0 aliphatic heterocycles. The van der Waals surface area contributed by atoms with Gasteiger partial charge in [-0.2, -0.15) is 0 Å². The summed E-state index contributed by atoms with van der Waals surface area (Å²) in [5, 5.41) is 10.1. The van der Waals surface area contributed by atoms with E-state index in [1.165, 1.54) is 66.5 Å². The van der Waals surface area contributed by atoms with E-state index in [2.05, 4.69) is 93.7 Å². The molecule has 0 heterocycles. The number of hydrogen-bond donors (Lipinski definition) is 1. The summed E-state index contributed by atoms with van der Waals surface area (Å²) in [7, 11) is 0. The Hall–Kier alpha value is -3.96. The predicted octanol–water partition coefficient (Wildman–Crippen LogP) is 8.85. The molecule has 0 aromatic heterocycles. The van der Waals surface area contributed by atoms with Gasteiger partial charge < -0.3 is 14.6 Å². The van der Waals surface area contributed by atoms with Gasteiger partial charge in [0.1, 0.15) is 0 Å². The minimum atomic E-state index is -1.38. The Kier molecular flexibility index (Phi) is 13.4. The monoisotopic (exact) mass is 610 g/mol. The van der Waals surface area contributed by atoms with Crippen molar-refractivity contribution in [3.8, 4) is 22.3 Å². The molecule has 0 fully saturated rings. The smallest absolute Gasteiger partial charge is 0.336 e. The Labute approximate surface area is 270 Å². The normalized spacial score (nSPS) is 12.0. The van der Waals surface area contributed by atoms with Gasteiger partial charge in [0, 0.05) is 11.5 Å². The first-order valence-electron chi connectivity index (χ1n) is 16.2. The third-order valence-corrected chi connectivity index (χ3v) is 8.18. The summed E-state index contributed by atoms with van der Waals surface area (Å²) in [4.78, 5) is 24.4. The van der Waals surface area contributed by atoms with Crippen molar-refractivity contribution in [3.05, 3.63) is 108 Å². The molecular weight excluding hydrogens is 560 g/mol. The van der Waals surface area contributed by atoms with Gasteiger partial charge >= 0.3 is 11.9 Å². The van der Waals surface area contributed by atoms with Gasteiger partial charge in [-0.3, -0.25) is 0 Å². The fourth-order valence-corrected chi connectivity index (χ4v) is 5.07. The zero-order valence-corrected chi connectivity index (χ0v) is 27.8. The van der Waals surface area contributed by atoms with Crippen molar-refractivity contribution >= 4 is 11.9 Å². The summed E-state index contributed by atoms with van der Waals surface area (Å²) in [6.07, 6.45) is 7.18. The minimum Gasteiger partial charge on any atom is -0.462 e. The van der Waals surface area contributed by atoms with Crippen LogP contribution in [0.5, 0.6) is 0 Å². The van der Waals surface area contributed by atoms with Crippen LogP contribution >= 0.6 is 0 Å². The van der Waals surface area contributed by atoms with Crippen LogP contribution in [0.25, 0.3) is 22.3 Å². The molecule has 45 heavy (non-hydrogen) atoms. The van der Waals surface area contributed by atoms with Gasteiger partial charge in [-0.1, -0.05) is 107 Å². The van der Waals surface area contributed by atoms with Crippen LogP contribution in [0, 0.1) is 5.92 Å². The molecule has 240 valence electrons. The van der Waals surface area contributed by atoms with Crippen molar-refractivity contribution in [2.75, 3.05) is 13.2 Å². The van der Waals surface area contributed by atoms with Crippen LogP contribution in [0.2, 0.25) is 0 Å². The van der Waals surface area contributed by atoms with Gasteiger partial charge in [0.25, 0.3) is 0 Å². The molecule has 0 aliphatic carbocycles. The van der Waals surface area contributed by atoms with Crippen LogP contribution in [0.3, 0.4) is 0 Å². The van der Waals surface area contributed by atoms with E-state index in [-0.39, 0.29) is 24.7 Å². The average Bonchev–Trinajstić information content (AvgIpc) is 3.03. The highest BCUT2D eigenvalue weighted by Crippen LogP contribution is 2.30. The Morgan fingerprint density at radius 2 is 1.33 bits per heavy atom. The van der Waals surface area contributed by atoms with E-state index in [4.69, 9.17) is 9.47 Å². The summed E-state index contributed by atoms with van der Waals surface area (Å²) >= 11 is 0. The molecule has 5 heteroatoms. The predicted molar refractivity (Wildman–Crippen MR) is 184 cm³/mol. The molecule has 0 amide bonds. The zero-order chi connectivity index (χ0) is 33.0. The molecule has 1 unspecified atom stereocenters. The number of unbranched alkanes of at least 4 members (excludes halogenated alkanes) is 2. The molecule has 0 saturated heterocycles. The maximum absolute atomic E-state index is 12.4. The molecule has 0 radical (unpaired) electrons. The number of benzene rings is 3. The maximum atomic E-state index is 12.4. The number of hydrogen-bond acceptors (Lipinski definition) is 5. The Morgan fingerprint density at radius 1 is 0.778 bits per heavy atom. The number of aryl methyl sites for hydroxylation is 3. The summed E-state index contributed by atoms with van der Waals surface area (Å²) in [6.45, 7) is 16.4. The summed E-state index contributed by atoms with van der Waals surface area (Å²) in [6, 6.07) is 24.3. The second-order valence-electron chi connectivity index (χ2n) is 12.5. The molecule has 0 bridgehead atoms. The lowest BCUT2D eigenvalue weighted by Gasteiger charge is -2.21. The topological polar surface area (TPSA) is 72.8 Å². The lowest BCUT2D eigenvalue weighted by Crippen LogP contribution is -2.30. The number of esters is 2. The first-order chi connectivity index (χ1) is 21.4. The van der Waals surface area contributed by atoms with Crippen LogP contribution in [0.15, 0.2) is 91.0 Å². The van der Waals surface area contributed by atoms with E-state index in [0.29, 0.717) is 18.4 Å². The van der Waals surface area contributed by atoms with Gasteiger partial charge in [-0.25, -0.2) is 9.59 Å².